The van der Waals surface area contributed by atoms with Gasteiger partial charge < -0.3 is 15.4 Å². The minimum absolute atomic E-state index is 0.181. The third-order valence-corrected chi connectivity index (χ3v) is 2.73. The SMILES string of the molecule is CNc1ccc(C(=O)Nc2ccc(C#N)cc2OC)nn1. The van der Waals surface area contributed by atoms with Crippen LogP contribution in [0.3, 0.4) is 0 Å². The summed E-state index contributed by atoms with van der Waals surface area (Å²) in [5.41, 5.74) is 1.09. The number of nitriles is 1. The summed E-state index contributed by atoms with van der Waals surface area (Å²) in [6.45, 7) is 0. The van der Waals surface area contributed by atoms with E-state index in [0.29, 0.717) is 22.8 Å². The quantitative estimate of drug-likeness (QED) is 0.885. The molecule has 7 heteroatoms. The first kappa shape index (κ1) is 14.3. The van der Waals surface area contributed by atoms with Gasteiger partial charge in [-0.2, -0.15) is 5.26 Å². The second-order valence-electron chi connectivity index (χ2n) is 4.03. The molecule has 7 nitrogen and oxygen atoms in total. The predicted octanol–water partition coefficient (Wildman–Crippen LogP) is 1.65. The lowest BCUT2D eigenvalue weighted by Crippen LogP contribution is -2.15. The van der Waals surface area contributed by atoms with Gasteiger partial charge >= 0.3 is 0 Å². The molecule has 0 aliphatic rings. The summed E-state index contributed by atoms with van der Waals surface area (Å²) >= 11 is 0. The Balaban J connectivity index is 2.20. The van der Waals surface area contributed by atoms with E-state index in [1.807, 2.05) is 6.07 Å². The van der Waals surface area contributed by atoms with Gasteiger partial charge in [0.05, 0.1) is 24.4 Å². The fourth-order valence-corrected chi connectivity index (χ4v) is 1.64. The zero-order valence-corrected chi connectivity index (χ0v) is 11.5. The van der Waals surface area contributed by atoms with E-state index in [-0.39, 0.29) is 5.69 Å². The molecule has 1 amide bonds. The van der Waals surface area contributed by atoms with Crippen LogP contribution in [0.2, 0.25) is 0 Å². The summed E-state index contributed by atoms with van der Waals surface area (Å²) in [7, 11) is 3.18. The van der Waals surface area contributed by atoms with Crippen LogP contribution in [-0.2, 0) is 0 Å². The largest absolute Gasteiger partial charge is 0.495 e. The van der Waals surface area contributed by atoms with E-state index in [4.69, 9.17) is 10.00 Å². The second kappa shape index (κ2) is 6.34. The summed E-state index contributed by atoms with van der Waals surface area (Å²) < 4.78 is 5.15. The number of methoxy groups -OCH3 is 1. The average molecular weight is 283 g/mol. The van der Waals surface area contributed by atoms with Crippen molar-refractivity contribution in [2.45, 2.75) is 0 Å². The molecule has 0 aliphatic heterocycles. The molecule has 21 heavy (non-hydrogen) atoms. The number of hydrogen-bond acceptors (Lipinski definition) is 6. The fourth-order valence-electron chi connectivity index (χ4n) is 1.64. The molecule has 2 N–H and O–H groups in total. The van der Waals surface area contributed by atoms with Gasteiger partial charge in [-0.25, -0.2) is 0 Å². The van der Waals surface area contributed by atoms with Gasteiger partial charge in [0, 0.05) is 13.1 Å². The number of amides is 1. The number of anilines is 2. The van der Waals surface area contributed by atoms with Crippen molar-refractivity contribution in [3.63, 3.8) is 0 Å². The van der Waals surface area contributed by atoms with Crippen LogP contribution < -0.4 is 15.4 Å². The van der Waals surface area contributed by atoms with E-state index in [1.54, 1.807) is 37.4 Å². The fraction of sp³-hybridized carbons (Fsp3) is 0.143. The zero-order chi connectivity index (χ0) is 15.2. The topological polar surface area (TPSA) is 99.9 Å². The Hall–Kier alpha value is -3.14. The van der Waals surface area contributed by atoms with Gasteiger partial charge in [-0.1, -0.05) is 0 Å². The van der Waals surface area contributed by atoms with E-state index in [9.17, 15) is 4.79 Å². The molecule has 2 rings (SSSR count). The number of nitrogens with one attached hydrogen (secondary N) is 2. The van der Waals surface area contributed by atoms with Crippen molar-refractivity contribution in [1.29, 1.82) is 5.26 Å². The third kappa shape index (κ3) is 3.25. The Morgan fingerprint density at radius 1 is 1.29 bits per heavy atom. The Kier molecular flexibility index (Phi) is 4.31. The molecule has 0 spiro atoms. The average Bonchev–Trinajstić information content (AvgIpc) is 2.55. The number of aromatic nitrogens is 2. The number of carbonyl (C=O) groups excluding carboxylic acids is 1. The molecule has 106 valence electrons. The monoisotopic (exact) mass is 283 g/mol. The lowest BCUT2D eigenvalue weighted by molar-refractivity contribution is 0.102. The first-order valence-corrected chi connectivity index (χ1v) is 6.09. The molecule has 0 fully saturated rings. The van der Waals surface area contributed by atoms with Crippen molar-refractivity contribution in [1.82, 2.24) is 10.2 Å². The minimum atomic E-state index is -0.409. The maximum atomic E-state index is 12.1. The van der Waals surface area contributed by atoms with Crippen LogP contribution in [0.15, 0.2) is 30.3 Å². The first-order valence-electron chi connectivity index (χ1n) is 6.09. The highest BCUT2D eigenvalue weighted by atomic mass is 16.5. The Morgan fingerprint density at radius 2 is 2.10 bits per heavy atom. The van der Waals surface area contributed by atoms with Crippen LogP contribution in [0.1, 0.15) is 16.1 Å². The van der Waals surface area contributed by atoms with E-state index in [1.165, 1.54) is 7.11 Å². The van der Waals surface area contributed by atoms with Crippen molar-refractivity contribution in [3.05, 3.63) is 41.6 Å². The van der Waals surface area contributed by atoms with Crippen LogP contribution in [0, 0.1) is 11.3 Å². The Labute approximate surface area is 121 Å². The standard InChI is InChI=1S/C14H13N5O2/c1-16-13-6-5-11(18-19-13)14(20)17-10-4-3-9(8-15)7-12(10)21-2/h3-7H,1-2H3,(H,16,19)(H,17,20). The highest BCUT2D eigenvalue weighted by molar-refractivity contribution is 6.03. The molecule has 0 bridgehead atoms. The van der Waals surface area contributed by atoms with E-state index in [2.05, 4.69) is 20.8 Å². The van der Waals surface area contributed by atoms with E-state index >= 15 is 0 Å². The number of nitrogens with zero attached hydrogens (tertiary/aromatic N) is 3. The molecular formula is C14H13N5O2. The molecule has 0 saturated heterocycles. The smallest absolute Gasteiger partial charge is 0.276 e. The molecule has 0 aliphatic carbocycles. The van der Waals surface area contributed by atoms with Gasteiger partial charge in [-0.15, -0.1) is 10.2 Å². The molecule has 0 radical (unpaired) electrons. The molecule has 1 aromatic carbocycles. The van der Waals surface area contributed by atoms with Gasteiger partial charge in [0.15, 0.2) is 5.69 Å². The van der Waals surface area contributed by atoms with Crippen LogP contribution >= 0.6 is 0 Å². The minimum Gasteiger partial charge on any atom is -0.495 e. The van der Waals surface area contributed by atoms with Crippen molar-refractivity contribution in [2.24, 2.45) is 0 Å². The van der Waals surface area contributed by atoms with Crippen LogP contribution in [0.25, 0.3) is 0 Å². The summed E-state index contributed by atoms with van der Waals surface area (Å²) in [6.07, 6.45) is 0. The lowest BCUT2D eigenvalue weighted by Gasteiger charge is -2.10. The normalized spacial score (nSPS) is 9.57. The molecule has 0 saturated carbocycles. The Bertz CT molecular complexity index is 692. The third-order valence-electron chi connectivity index (χ3n) is 2.73. The molecule has 1 heterocycles. The van der Waals surface area contributed by atoms with Crippen molar-refractivity contribution >= 4 is 17.4 Å². The zero-order valence-electron chi connectivity index (χ0n) is 11.5. The summed E-state index contributed by atoms with van der Waals surface area (Å²) in [5.74, 6) is 0.567. The van der Waals surface area contributed by atoms with Crippen molar-refractivity contribution in [3.8, 4) is 11.8 Å². The van der Waals surface area contributed by atoms with Gasteiger partial charge in [-0.05, 0) is 24.3 Å². The number of benzene rings is 1. The molecular weight excluding hydrogens is 270 g/mol. The van der Waals surface area contributed by atoms with E-state index < -0.39 is 5.91 Å². The Morgan fingerprint density at radius 3 is 2.67 bits per heavy atom. The molecule has 0 unspecified atom stereocenters. The predicted molar refractivity (Wildman–Crippen MR) is 77.2 cm³/mol. The highest BCUT2D eigenvalue weighted by Gasteiger charge is 2.12. The van der Waals surface area contributed by atoms with Crippen molar-refractivity contribution < 1.29 is 9.53 Å². The molecule has 1 aromatic heterocycles. The van der Waals surface area contributed by atoms with Gasteiger partial charge in [0.2, 0.25) is 0 Å². The van der Waals surface area contributed by atoms with Crippen molar-refractivity contribution in [2.75, 3.05) is 24.8 Å². The number of carbonyl (C=O) groups is 1. The van der Waals surface area contributed by atoms with Crippen LogP contribution in [0.5, 0.6) is 5.75 Å². The maximum Gasteiger partial charge on any atom is 0.276 e. The van der Waals surface area contributed by atoms with E-state index in [0.717, 1.165) is 0 Å². The maximum absolute atomic E-state index is 12.1. The summed E-state index contributed by atoms with van der Waals surface area (Å²) in [6, 6.07) is 9.96. The van der Waals surface area contributed by atoms with Gasteiger partial charge in [0.1, 0.15) is 11.6 Å². The van der Waals surface area contributed by atoms with Crippen LogP contribution in [0.4, 0.5) is 11.5 Å². The second-order valence-corrected chi connectivity index (χ2v) is 4.03. The lowest BCUT2D eigenvalue weighted by atomic mass is 10.2. The number of hydrogen-bond donors (Lipinski definition) is 2. The molecule has 2 aromatic rings. The molecule has 0 atom stereocenters. The highest BCUT2D eigenvalue weighted by Crippen LogP contribution is 2.25. The van der Waals surface area contributed by atoms with Crippen LogP contribution in [-0.4, -0.2) is 30.3 Å². The number of ether oxygens (including phenoxy) is 1. The number of rotatable bonds is 4. The first-order chi connectivity index (χ1) is 10.2. The summed E-state index contributed by atoms with van der Waals surface area (Å²) in [5, 5.41) is 22.0. The summed E-state index contributed by atoms with van der Waals surface area (Å²) in [4.78, 5) is 12.1. The van der Waals surface area contributed by atoms with Gasteiger partial charge in [0.25, 0.3) is 5.91 Å². The van der Waals surface area contributed by atoms with Gasteiger partial charge in [-0.3, -0.25) is 4.79 Å².